The van der Waals surface area contributed by atoms with Crippen molar-refractivity contribution in [3.8, 4) is 0 Å². The zero-order valence-corrected chi connectivity index (χ0v) is 32.9. The molecule has 16 heteroatoms. The first-order valence-electron chi connectivity index (χ1n) is 14.6. The molecule has 0 atom stereocenters. The Labute approximate surface area is 315 Å². The normalized spacial score (nSPS) is 11.6. The van der Waals surface area contributed by atoms with Gasteiger partial charge in [0.15, 0.2) is 21.9 Å². The number of nitrogens with two attached hydrogens (primary N) is 2. The molecule has 6 aromatic rings. The van der Waals surface area contributed by atoms with Crippen molar-refractivity contribution in [1.29, 1.82) is 0 Å². The van der Waals surface area contributed by atoms with Crippen LogP contribution in [0.2, 0.25) is 5.02 Å². The first-order chi connectivity index (χ1) is 23.6. The average Bonchev–Trinajstić information content (AvgIpc) is 3.91. The fourth-order valence-electron chi connectivity index (χ4n) is 4.09. The molecule has 0 aliphatic heterocycles. The molecule has 0 fully saturated rings. The summed E-state index contributed by atoms with van der Waals surface area (Å²) >= 11 is 15.6. The summed E-state index contributed by atoms with van der Waals surface area (Å²) in [6.07, 6.45) is 4.09. The maximum absolute atomic E-state index is 6.09. The van der Waals surface area contributed by atoms with Gasteiger partial charge in [-0.15, -0.1) is 68.9 Å². The van der Waals surface area contributed by atoms with Crippen LogP contribution in [0.1, 0.15) is 15.3 Å². The summed E-state index contributed by atoms with van der Waals surface area (Å²) in [7, 11) is 4.04. The Kier molecular flexibility index (Phi) is 13.0. The van der Waals surface area contributed by atoms with Crippen LogP contribution in [0, 0.1) is 6.92 Å². The number of rotatable bonds is 11. The first-order valence-corrected chi connectivity index (χ1v) is 20.8. The lowest BCUT2D eigenvalue weighted by Gasteiger charge is -2.12. The van der Waals surface area contributed by atoms with Crippen LogP contribution in [-0.2, 0) is 0 Å². The zero-order valence-electron chi connectivity index (χ0n) is 27.2. The van der Waals surface area contributed by atoms with Crippen LogP contribution >= 0.6 is 80.5 Å². The summed E-state index contributed by atoms with van der Waals surface area (Å²) in [6.45, 7) is 2.00. The first kappa shape index (κ1) is 36.7. The van der Waals surface area contributed by atoms with Gasteiger partial charge in [-0.2, -0.15) is 0 Å². The number of amidine groups is 2. The standard InChI is InChI=1S/C17H19N5S3.C16H15ClN4S3/c1-22(2)12-6-4-11(5-7-12)19-17-21-14(10-24-17)20-16(18)13-8-9-15(23-3)25-13;1-9-7-10(17)3-4-11(9)19-16-21-13(8-23-16)20-15(18)12-5-6-14(22-2)24-12/h4-10H,1-3H3,(H2,18,20)(H,19,21);3-8H,1-2H3,(H2,18,20)(H,19,21). The molecule has 0 amide bonds. The molecule has 4 heterocycles. The van der Waals surface area contributed by atoms with E-state index in [1.54, 1.807) is 46.2 Å². The molecule has 49 heavy (non-hydrogen) atoms. The lowest BCUT2D eigenvalue weighted by atomic mass is 10.2. The Morgan fingerprint density at radius 2 is 1.29 bits per heavy atom. The Morgan fingerprint density at radius 3 is 1.76 bits per heavy atom. The van der Waals surface area contributed by atoms with Crippen molar-refractivity contribution in [1.82, 2.24) is 9.97 Å². The molecule has 9 nitrogen and oxygen atoms in total. The number of nitrogens with one attached hydrogen (secondary N) is 2. The highest BCUT2D eigenvalue weighted by Gasteiger charge is 2.09. The van der Waals surface area contributed by atoms with E-state index in [9.17, 15) is 0 Å². The molecule has 6 rings (SSSR count). The van der Waals surface area contributed by atoms with Crippen molar-refractivity contribution in [3.05, 3.63) is 97.8 Å². The molecule has 4 aromatic heterocycles. The number of anilines is 5. The monoisotopic (exact) mass is 783 g/mol. The number of aliphatic imine (C=N–C) groups is 2. The summed E-state index contributed by atoms with van der Waals surface area (Å²) in [4.78, 5) is 21.8. The van der Waals surface area contributed by atoms with E-state index in [2.05, 4.69) is 53.7 Å². The van der Waals surface area contributed by atoms with Gasteiger partial charge in [0, 0.05) is 46.9 Å². The average molecular weight is 785 g/mol. The predicted octanol–water partition coefficient (Wildman–Crippen LogP) is 10.4. The van der Waals surface area contributed by atoms with Gasteiger partial charge in [0.2, 0.25) is 0 Å². The van der Waals surface area contributed by atoms with Gasteiger partial charge in [0.05, 0.1) is 18.2 Å². The van der Waals surface area contributed by atoms with E-state index in [0.29, 0.717) is 23.3 Å². The number of benzene rings is 2. The van der Waals surface area contributed by atoms with Crippen LogP contribution in [0.5, 0.6) is 0 Å². The van der Waals surface area contributed by atoms with Gasteiger partial charge in [-0.25, -0.2) is 20.0 Å². The van der Waals surface area contributed by atoms with Crippen LogP contribution in [0.3, 0.4) is 0 Å². The highest BCUT2D eigenvalue weighted by Crippen LogP contribution is 2.31. The molecule has 0 unspecified atom stereocenters. The number of halogens is 1. The summed E-state index contributed by atoms with van der Waals surface area (Å²) in [6, 6.07) is 22.0. The minimum Gasteiger partial charge on any atom is -0.382 e. The van der Waals surface area contributed by atoms with Crippen LogP contribution in [0.4, 0.5) is 39.0 Å². The van der Waals surface area contributed by atoms with Crippen LogP contribution < -0.4 is 27.0 Å². The quantitative estimate of drug-likeness (QED) is 0.0576. The molecule has 0 radical (unpaired) electrons. The van der Waals surface area contributed by atoms with Crippen molar-refractivity contribution in [2.24, 2.45) is 21.5 Å². The third-order valence-electron chi connectivity index (χ3n) is 6.59. The zero-order chi connectivity index (χ0) is 34.9. The molecule has 6 N–H and O–H groups in total. The van der Waals surface area contributed by atoms with Gasteiger partial charge in [-0.3, -0.25) is 0 Å². The van der Waals surface area contributed by atoms with Crippen molar-refractivity contribution in [2.75, 3.05) is 42.1 Å². The Balaban J connectivity index is 0.000000191. The van der Waals surface area contributed by atoms with Gasteiger partial charge < -0.3 is 27.0 Å². The van der Waals surface area contributed by atoms with Gasteiger partial charge in [-0.05, 0) is 91.7 Å². The molecule has 2 aromatic carbocycles. The number of hydrogen-bond acceptors (Lipinski definition) is 13. The molecule has 0 aliphatic rings. The minimum absolute atomic E-state index is 0.486. The van der Waals surface area contributed by atoms with Gasteiger partial charge in [0.25, 0.3) is 0 Å². The van der Waals surface area contributed by atoms with E-state index in [4.69, 9.17) is 23.1 Å². The van der Waals surface area contributed by atoms with Crippen molar-refractivity contribution < 1.29 is 0 Å². The van der Waals surface area contributed by atoms with Crippen molar-refractivity contribution >= 4 is 131 Å². The van der Waals surface area contributed by atoms with Gasteiger partial charge >= 0.3 is 0 Å². The maximum atomic E-state index is 6.09. The van der Waals surface area contributed by atoms with E-state index in [-0.39, 0.29) is 0 Å². The fourth-order valence-corrected chi connectivity index (χ4v) is 8.49. The number of aromatic nitrogens is 2. The van der Waals surface area contributed by atoms with E-state index in [1.807, 2.05) is 92.8 Å². The number of nitrogens with zero attached hydrogens (tertiary/aromatic N) is 5. The second-order valence-electron chi connectivity index (χ2n) is 10.3. The topological polar surface area (TPSA) is 130 Å². The summed E-state index contributed by atoms with van der Waals surface area (Å²) in [5, 5.41) is 12.6. The van der Waals surface area contributed by atoms with Gasteiger partial charge in [0.1, 0.15) is 11.7 Å². The fraction of sp³-hybridized carbons (Fsp3) is 0.152. The van der Waals surface area contributed by atoms with Crippen LogP contribution in [0.25, 0.3) is 0 Å². The van der Waals surface area contributed by atoms with Crippen molar-refractivity contribution in [2.45, 2.75) is 15.3 Å². The molecule has 254 valence electrons. The van der Waals surface area contributed by atoms with E-state index in [0.717, 1.165) is 47.7 Å². The molecule has 0 saturated carbocycles. The van der Waals surface area contributed by atoms with Gasteiger partial charge in [-0.1, -0.05) is 11.6 Å². The predicted molar refractivity (Wildman–Crippen MR) is 221 cm³/mol. The van der Waals surface area contributed by atoms with E-state index >= 15 is 0 Å². The number of thioether (sulfide) groups is 2. The van der Waals surface area contributed by atoms with Crippen LogP contribution in [0.15, 0.2) is 95.9 Å². The maximum Gasteiger partial charge on any atom is 0.189 e. The third kappa shape index (κ3) is 10.5. The second kappa shape index (κ2) is 17.4. The molecule has 0 saturated heterocycles. The Morgan fingerprint density at radius 1 is 0.755 bits per heavy atom. The lowest BCUT2D eigenvalue weighted by Crippen LogP contribution is -2.10. The molecule has 0 spiro atoms. The number of thiazole rings is 2. The summed E-state index contributed by atoms with van der Waals surface area (Å²) < 4.78 is 2.43. The Hall–Kier alpha value is -3.57. The third-order valence-corrected chi connectivity index (χ3v) is 12.7. The minimum atomic E-state index is 0.486. The smallest absolute Gasteiger partial charge is 0.189 e. The Bertz CT molecular complexity index is 2040. The molecule has 0 aliphatic carbocycles. The van der Waals surface area contributed by atoms with E-state index in [1.165, 1.54) is 31.1 Å². The lowest BCUT2D eigenvalue weighted by molar-refractivity contribution is 1.13. The van der Waals surface area contributed by atoms with E-state index < -0.39 is 0 Å². The highest BCUT2D eigenvalue weighted by molar-refractivity contribution is 8.00. The van der Waals surface area contributed by atoms with Crippen molar-refractivity contribution in [3.63, 3.8) is 0 Å². The second-order valence-corrected chi connectivity index (χ2v) is 16.8. The number of hydrogen-bond donors (Lipinski definition) is 4. The molecular weight excluding hydrogens is 750 g/mol. The summed E-state index contributed by atoms with van der Waals surface area (Å²) in [5.41, 5.74) is 16.4. The largest absolute Gasteiger partial charge is 0.382 e. The number of thiophene rings is 2. The summed E-state index contributed by atoms with van der Waals surface area (Å²) in [5.74, 6) is 2.21. The highest BCUT2D eigenvalue weighted by atomic mass is 35.5. The molecular formula is C33H34ClN9S6. The molecule has 0 bridgehead atoms. The SMILES string of the molecule is CSc1ccc(C(N)=Nc2csc(Nc3ccc(Cl)cc3C)n2)s1.CSc1ccc(C(N)=Nc2csc(Nc3ccc(N(C)C)cc3)n2)s1. The number of aryl methyl sites for hydroxylation is 1. The van der Waals surface area contributed by atoms with Crippen LogP contribution in [-0.4, -0.2) is 48.2 Å².